The first-order chi connectivity index (χ1) is 12.5. The van der Waals surface area contributed by atoms with Gasteiger partial charge >= 0.3 is 0 Å². The second-order valence-corrected chi connectivity index (χ2v) is 7.46. The molecule has 2 aliphatic heterocycles. The number of allylic oxidation sites excluding steroid dienone is 2. The van der Waals surface area contributed by atoms with Gasteiger partial charge < -0.3 is 9.42 Å². The number of hydrogen-bond acceptors (Lipinski definition) is 5. The molecule has 0 spiro atoms. The number of carbonyl (C=O) groups excluding carboxylic acids is 3. The maximum atomic E-state index is 12.6. The lowest BCUT2D eigenvalue weighted by Gasteiger charge is -2.43. The zero-order valence-corrected chi connectivity index (χ0v) is 15.1. The van der Waals surface area contributed by atoms with E-state index in [1.54, 1.807) is 4.90 Å². The fraction of sp³-hybridized carbons (Fsp3) is 0.579. The molecule has 2 unspecified atom stereocenters. The van der Waals surface area contributed by atoms with E-state index in [1.807, 2.05) is 26.0 Å². The third kappa shape index (κ3) is 2.66. The van der Waals surface area contributed by atoms with Crippen molar-refractivity contribution in [1.82, 2.24) is 15.0 Å². The van der Waals surface area contributed by atoms with Gasteiger partial charge in [0.05, 0.1) is 23.6 Å². The quantitative estimate of drug-likeness (QED) is 0.601. The van der Waals surface area contributed by atoms with Gasteiger partial charge in [0.25, 0.3) is 0 Å². The standard InChI is InChI=1S/C19H23N3O4/c1-11-14(12(2)26-20-11)7-8-17(23)21-9-13(10-21)22-18(24)15-5-3-4-6-16(15)19(22)25/h3-4,13,15-16H,5-10H2,1-2H3. The molecule has 0 radical (unpaired) electrons. The molecule has 0 N–H and O–H groups in total. The van der Waals surface area contributed by atoms with Crippen LogP contribution in [-0.4, -0.2) is 51.8 Å². The smallest absolute Gasteiger partial charge is 0.233 e. The van der Waals surface area contributed by atoms with Crippen molar-refractivity contribution in [2.45, 2.75) is 45.6 Å². The van der Waals surface area contributed by atoms with E-state index in [2.05, 4.69) is 5.16 Å². The first-order valence-electron chi connectivity index (χ1n) is 9.18. The van der Waals surface area contributed by atoms with Crippen LogP contribution < -0.4 is 0 Å². The summed E-state index contributed by atoms with van der Waals surface area (Å²) in [7, 11) is 0. The van der Waals surface area contributed by atoms with Crippen LogP contribution in [0.5, 0.6) is 0 Å². The van der Waals surface area contributed by atoms with Crippen LogP contribution in [0.3, 0.4) is 0 Å². The van der Waals surface area contributed by atoms with Gasteiger partial charge in [0.1, 0.15) is 5.76 Å². The minimum absolute atomic E-state index is 0.0411. The topological polar surface area (TPSA) is 83.7 Å². The number of imide groups is 1. The molecular formula is C19H23N3O4. The molecule has 7 nitrogen and oxygen atoms in total. The average Bonchev–Trinajstić information content (AvgIpc) is 3.04. The van der Waals surface area contributed by atoms with Gasteiger partial charge in [-0.2, -0.15) is 0 Å². The highest BCUT2D eigenvalue weighted by Crippen LogP contribution is 2.37. The number of aryl methyl sites for hydroxylation is 2. The highest BCUT2D eigenvalue weighted by molar-refractivity contribution is 6.06. The first kappa shape index (κ1) is 17.0. The zero-order chi connectivity index (χ0) is 18.4. The largest absolute Gasteiger partial charge is 0.361 e. The van der Waals surface area contributed by atoms with Crippen LogP contribution in [0.1, 0.15) is 36.3 Å². The predicted molar refractivity (Wildman–Crippen MR) is 91.9 cm³/mol. The second-order valence-electron chi connectivity index (χ2n) is 7.46. The van der Waals surface area contributed by atoms with Gasteiger partial charge in [0.15, 0.2) is 0 Å². The lowest BCUT2D eigenvalue weighted by Crippen LogP contribution is -2.62. The van der Waals surface area contributed by atoms with E-state index in [9.17, 15) is 14.4 Å². The molecule has 7 heteroatoms. The Kier molecular flexibility index (Phi) is 4.17. The molecule has 2 saturated heterocycles. The Balaban J connectivity index is 1.32. The number of fused-ring (bicyclic) bond motifs is 1. The molecule has 1 aromatic rings. The number of likely N-dealkylation sites (tertiary alicyclic amines) is 2. The van der Waals surface area contributed by atoms with Crippen LogP contribution in [-0.2, 0) is 20.8 Å². The van der Waals surface area contributed by atoms with Crippen LogP contribution >= 0.6 is 0 Å². The van der Waals surface area contributed by atoms with Crippen molar-refractivity contribution in [2.24, 2.45) is 11.8 Å². The van der Waals surface area contributed by atoms with Crippen molar-refractivity contribution < 1.29 is 18.9 Å². The van der Waals surface area contributed by atoms with Crippen molar-refractivity contribution >= 4 is 17.7 Å². The summed E-state index contributed by atoms with van der Waals surface area (Å²) in [6.07, 6.45) is 6.25. The first-order valence-corrected chi connectivity index (χ1v) is 9.18. The maximum absolute atomic E-state index is 12.6. The molecule has 3 amide bonds. The lowest BCUT2D eigenvalue weighted by atomic mass is 9.85. The van der Waals surface area contributed by atoms with Crippen LogP contribution in [0.15, 0.2) is 16.7 Å². The Morgan fingerprint density at radius 3 is 2.31 bits per heavy atom. The Morgan fingerprint density at radius 1 is 1.15 bits per heavy atom. The van der Waals surface area contributed by atoms with Crippen molar-refractivity contribution in [3.8, 4) is 0 Å². The summed E-state index contributed by atoms with van der Waals surface area (Å²) in [5, 5.41) is 3.90. The normalized spacial score (nSPS) is 25.6. The Labute approximate surface area is 152 Å². The summed E-state index contributed by atoms with van der Waals surface area (Å²) >= 11 is 0. The van der Waals surface area contributed by atoms with E-state index >= 15 is 0 Å². The molecule has 1 aromatic heterocycles. The van der Waals surface area contributed by atoms with Gasteiger partial charge in [-0.15, -0.1) is 0 Å². The van der Waals surface area contributed by atoms with Gasteiger partial charge in [-0.1, -0.05) is 17.3 Å². The van der Waals surface area contributed by atoms with E-state index < -0.39 is 0 Å². The van der Waals surface area contributed by atoms with Gasteiger partial charge in [-0.05, 0) is 33.1 Å². The van der Waals surface area contributed by atoms with Gasteiger partial charge in [-0.25, -0.2) is 0 Å². The SMILES string of the molecule is Cc1noc(C)c1CCC(=O)N1CC(N2C(=O)C3CC=CCC3C2=O)C1. The minimum atomic E-state index is -0.197. The molecule has 4 rings (SSSR count). The Morgan fingerprint density at radius 2 is 1.77 bits per heavy atom. The summed E-state index contributed by atoms with van der Waals surface area (Å²) in [5.41, 5.74) is 1.80. The molecule has 3 heterocycles. The zero-order valence-electron chi connectivity index (χ0n) is 15.1. The Hall–Kier alpha value is -2.44. The molecule has 138 valence electrons. The number of nitrogens with zero attached hydrogens (tertiary/aromatic N) is 3. The van der Waals surface area contributed by atoms with Crippen LogP contribution in [0.25, 0.3) is 0 Å². The summed E-state index contributed by atoms with van der Waals surface area (Å²) in [6, 6.07) is -0.163. The summed E-state index contributed by atoms with van der Waals surface area (Å²) in [4.78, 5) is 40.7. The van der Waals surface area contributed by atoms with Crippen molar-refractivity contribution in [2.75, 3.05) is 13.1 Å². The molecule has 26 heavy (non-hydrogen) atoms. The molecule has 0 saturated carbocycles. The molecule has 1 aliphatic carbocycles. The van der Waals surface area contributed by atoms with Crippen molar-refractivity contribution in [1.29, 1.82) is 0 Å². The number of rotatable bonds is 4. The molecule has 2 fully saturated rings. The number of carbonyl (C=O) groups is 3. The fourth-order valence-electron chi connectivity index (χ4n) is 4.26. The van der Waals surface area contributed by atoms with E-state index in [-0.39, 0.29) is 35.6 Å². The maximum Gasteiger partial charge on any atom is 0.233 e. The third-order valence-corrected chi connectivity index (χ3v) is 5.89. The van der Waals surface area contributed by atoms with Crippen molar-refractivity contribution in [3.63, 3.8) is 0 Å². The van der Waals surface area contributed by atoms with E-state index in [1.165, 1.54) is 4.90 Å². The molecular weight excluding hydrogens is 334 g/mol. The summed E-state index contributed by atoms with van der Waals surface area (Å²) in [6.45, 7) is 4.61. The molecule has 2 atom stereocenters. The third-order valence-electron chi connectivity index (χ3n) is 5.89. The van der Waals surface area contributed by atoms with Gasteiger partial charge in [-0.3, -0.25) is 19.3 Å². The Bertz CT molecular complexity index is 745. The number of aromatic nitrogens is 1. The second kappa shape index (κ2) is 6.37. The summed E-state index contributed by atoms with van der Waals surface area (Å²) in [5.74, 6) is 0.281. The average molecular weight is 357 g/mol. The van der Waals surface area contributed by atoms with Crippen LogP contribution in [0.2, 0.25) is 0 Å². The van der Waals surface area contributed by atoms with Crippen LogP contribution in [0.4, 0.5) is 0 Å². The van der Waals surface area contributed by atoms with E-state index in [4.69, 9.17) is 4.52 Å². The van der Waals surface area contributed by atoms with Crippen molar-refractivity contribution in [3.05, 3.63) is 29.2 Å². The lowest BCUT2D eigenvalue weighted by molar-refractivity contribution is -0.152. The van der Waals surface area contributed by atoms with Gasteiger partial charge in [0.2, 0.25) is 17.7 Å². The van der Waals surface area contributed by atoms with E-state index in [0.717, 1.165) is 17.0 Å². The van der Waals surface area contributed by atoms with Crippen LogP contribution in [0, 0.1) is 25.7 Å². The number of amides is 3. The molecule has 0 aromatic carbocycles. The monoisotopic (exact) mass is 357 g/mol. The highest BCUT2D eigenvalue weighted by atomic mass is 16.5. The number of hydrogen-bond donors (Lipinski definition) is 0. The van der Waals surface area contributed by atoms with E-state index in [0.29, 0.717) is 38.8 Å². The molecule has 0 bridgehead atoms. The molecule has 3 aliphatic rings. The predicted octanol–water partition coefficient (Wildman–Crippen LogP) is 1.39. The highest BCUT2D eigenvalue weighted by Gasteiger charge is 2.52. The fourth-order valence-corrected chi connectivity index (χ4v) is 4.26. The van der Waals surface area contributed by atoms with Gasteiger partial charge in [0, 0.05) is 25.1 Å². The summed E-state index contributed by atoms with van der Waals surface area (Å²) < 4.78 is 5.12. The minimum Gasteiger partial charge on any atom is -0.361 e.